The summed E-state index contributed by atoms with van der Waals surface area (Å²) >= 11 is 0. The van der Waals surface area contributed by atoms with Gasteiger partial charge in [-0.15, -0.1) is 0 Å². The van der Waals surface area contributed by atoms with Crippen LogP contribution >= 0.6 is 0 Å². The number of nitrogens with one attached hydrogen (secondary N) is 2. The topological polar surface area (TPSA) is 123 Å². The van der Waals surface area contributed by atoms with Crippen molar-refractivity contribution in [2.45, 2.75) is 123 Å². The minimum absolute atomic E-state index is 0.101. The zero-order valence-corrected chi connectivity index (χ0v) is 21.9. The molecular formula is C23H42N4O5S. The van der Waals surface area contributed by atoms with Crippen LogP contribution in [0.1, 0.15) is 117 Å². The SMILES string of the molecule is CC(C)(C)NS(=O)(=O)NCc1noc(C(CCCC2CCCCC2)CC(=O)OC(C)(C)C)n1. The van der Waals surface area contributed by atoms with E-state index in [4.69, 9.17) is 9.26 Å². The van der Waals surface area contributed by atoms with Gasteiger partial charge in [0.05, 0.1) is 13.0 Å². The zero-order valence-electron chi connectivity index (χ0n) is 21.1. The molecule has 0 saturated heterocycles. The van der Waals surface area contributed by atoms with E-state index in [1.54, 1.807) is 20.8 Å². The van der Waals surface area contributed by atoms with Crippen molar-refractivity contribution < 1.29 is 22.5 Å². The van der Waals surface area contributed by atoms with E-state index >= 15 is 0 Å². The number of carbonyl (C=O) groups excluding carboxylic acids is 1. The van der Waals surface area contributed by atoms with Gasteiger partial charge in [-0.2, -0.15) is 22.8 Å². The molecule has 1 aliphatic rings. The standard InChI is InChI=1S/C23H42N4O5S/c1-22(2,3)27-33(29,30)24-16-19-25-21(32-26-19)18(15-20(28)31-23(4,5)6)14-10-13-17-11-8-7-9-12-17/h17-18,24,27H,7-16H2,1-6H3. The third kappa shape index (κ3) is 11.4. The number of esters is 1. The minimum Gasteiger partial charge on any atom is -0.460 e. The maximum Gasteiger partial charge on any atom is 0.307 e. The van der Waals surface area contributed by atoms with Crippen molar-refractivity contribution in [2.24, 2.45) is 5.92 Å². The van der Waals surface area contributed by atoms with Crippen LogP contribution in [0.15, 0.2) is 4.52 Å². The predicted molar refractivity (Wildman–Crippen MR) is 127 cm³/mol. The lowest BCUT2D eigenvalue weighted by Crippen LogP contribution is -2.46. The van der Waals surface area contributed by atoms with E-state index in [1.807, 2.05) is 20.8 Å². The fraction of sp³-hybridized carbons (Fsp3) is 0.870. The minimum atomic E-state index is -3.71. The average molecular weight is 487 g/mol. The molecule has 0 bridgehead atoms. The Labute approximate surface area is 199 Å². The second-order valence-corrected chi connectivity index (χ2v) is 12.6. The van der Waals surface area contributed by atoms with Gasteiger partial charge in [0.1, 0.15) is 5.60 Å². The Hall–Kier alpha value is -1.52. The number of hydrogen-bond donors (Lipinski definition) is 2. The third-order valence-electron chi connectivity index (χ3n) is 5.42. The lowest BCUT2D eigenvalue weighted by molar-refractivity contribution is -0.155. The zero-order chi connectivity index (χ0) is 24.7. The second kappa shape index (κ2) is 11.8. The molecule has 2 N–H and O–H groups in total. The number of ether oxygens (including phenoxy) is 1. The van der Waals surface area contributed by atoms with Crippen molar-refractivity contribution in [1.82, 2.24) is 19.6 Å². The van der Waals surface area contributed by atoms with E-state index in [0.29, 0.717) is 5.89 Å². The average Bonchev–Trinajstić information content (AvgIpc) is 3.12. The molecule has 0 amide bonds. The molecule has 1 fully saturated rings. The molecule has 10 heteroatoms. The molecule has 1 saturated carbocycles. The molecule has 9 nitrogen and oxygen atoms in total. The van der Waals surface area contributed by atoms with Crippen molar-refractivity contribution in [3.8, 4) is 0 Å². The molecule has 0 aliphatic heterocycles. The Morgan fingerprint density at radius 1 is 1.15 bits per heavy atom. The van der Waals surface area contributed by atoms with Gasteiger partial charge in [-0.3, -0.25) is 4.79 Å². The second-order valence-electron chi connectivity index (χ2n) is 11.1. The van der Waals surface area contributed by atoms with Crippen molar-refractivity contribution in [3.05, 3.63) is 11.7 Å². The maximum atomic E-state index is 12.5. The highest BCUT2D eigenvalue weighted by molar-refractivity contribution is 7.87. The van der Waals surface area contributed by atoms with Gasteiger partial charge in [0.2, 0.25) is 5.89 Å². The fourth-order valence-corrected chi connectivity index (χ4v) is 5.33. The summed E-state index contributed by atoms with van der Waals surface area (Å²) in [4.78, 5) is 16.9. The highest BCUT2D eigenvalue weighted by atomic mass is 32.2. The van der Waals surface area contributed by atoms with E-state index < -0.39 is 21.3 Å². The molecular weight excluding hydrogens is 444 g/mol. The summed E-state index contributed by atoms with van der Waals surface area (Å²) in [5.41, 5.74) is -1.17. The highest BCUT2D eigenvalue weighted by Gasteiger charge is 2.27. The van der Waals surface area contributed by atoms with Gasteiger partial charge in [-0.05, 0) is 53.9 Å². The molecule has 33 heavy (non-hydrogen) atoms. The molecule has 2 rings (SSSR count). The van der Waals surface area contributed by atoms with Gasteiger partial charge in [0.25, 0.3) is 10.2 Å². The largest absolute Gasteiger partial charge is 0.460 e. The summed E-state index contributed by atoms with van der Waals surface area (Å²) in [6, 6.07) is 0. The van der Waals surface area contributed by atoms with E-state index in [2.05, 4.69) is 19.6 Å². The molecule has 0 spiro atoms. The van der Waals surface area contributed by atoms with Gasteiger partial charge in [0.15, 0.2) is 5.82 Å². The monoisotopic (exact) mass is 486 g/mol. The first-order valence-corrected chi connectivity index (χ1v) is 13.5. The molecule has 190 valence electrons. The molecule has 1 aromatic heterocycles. The number of nitrogens with zero attached hydrogens (tertiary/aromatic N) is 2. The quantitative estimate of drug-likeness (QED) is 0.445. The highest BCUT2D eigenvalue weighted by Crippen LogP contribution is 2.31. The molecule has 1 aromatic rings. The van der Waals surface area contributed by atoms with Gasteiger partial charge < -0.3 is 9.26 Å². The molecule has 1 aliphatic carbocycles. The Morgan fingerprint density at radius 2 is 1.82 bits per heavy atom. The first kappa shape index (κ1) is 27.7. The summed E-state index contributed by atoms with van der Waals surface area (Å²) in [5.74, 6) is 0.770. The van der Waals surface area contributed by atoms with Crippen LogP contribution in [-0.4, -0.2) is 35.7 Å². The van der Waals surface area contributed by atoms with Crippen molar-refractivity contribution in [3.63, 3.8) is 0 Å². The summed E-state index contributed by atoms with van der Waals surface area (Å²) < 4.78 is 40.2. The Kier molecular flexibility index (Phi) is 9.87. The van der Waals surface area contributed by atoms with E-state index in [9.17, 15) is 13.2 Å². The Balaban J connectivity index is 2.00. The van der Waals surface area contributed by atoms with Crippen LogP contribution in [0.4, 0.5) is 0 Å². The number of hydrogen-bond acceptors (Lipinski definition) is 7. The van der Waals surface area contributed by atoms with Gasteiger partial charge in [-0.1, -0.05) is 50.1 Å². The molecule has 1 heterocycles. The van der Waals surface area contributed by atoms with Crippen LogP contribution < -0.4 is 9.44 Å². The van der Waals surface area contributed by atoms with Crippen LogP contribution in [0, 0.1) is 5.92 Å². The summed E-state index contributed by atoms with van der Waals surface area (Å²) in [6.07, 6.45) is 9.50. The van der Waals surface area contributed by atoms with E-state index in [0.717, 1.165) is 25.2 Å². The van der Waals surface area contributed by atoms with Crippen LogP contribution in [0.2, 0.25) is 0 Å². The van der Waals surface area contributed by atoms with Crippen LogP contribution in [-0.2, 0) is 26.3 Å². The molecule has 1 atom stereocenters. The number of rotatable bonds is 11. The smallest absolute Gasteiger partial charge is 0.307 e. The van der Waals surface area contributed by atoms with Crippen LogP contribution in [0.5, 0.6) is 0 Å². The van der Waals surface area contributed by atoms with E-state index in [1.165, 1.54) is 32.1 Å². The summed E-state index contributed by atoms with van der Waals surface area (Å²) in [5, 5.41) is 3.92. The Bertz CT molecular complexity index is 849. The van der Waals surface area contributed by atoms with Crippen LogP contribution in [0.25, 0.3) is 0 Å². The summed E-state index contributed by atoms with van der Waals surface area (Å²) in [7, 11) is -3.71. The first-order chi connectivity index (χ1) is 15.2. The van der Waals surface area contributed by atoms with Crippen molar-refractivity contribution >= 4 is 16.2 Å². The Morgan fingerprint density at radius 3 is 2.42 bits per heavy atom. The fourth-order valence-electron chi connectivity index (χ4n) is 4.13. The normalized spacial score (nSPS) is 17.2. The van der Waals surface area contributed by atoms with Crippen molar-refractivity contribution in [2.75, 3.05) is 0 Å². The molecule has 0 aromatic carbocycles. The lowest BCUT2D eigenvalue weighted by Gasteiger charge is -2.23. The van der Waals surface area contributed by atoms with Crippen LogP contribution in [0.3, 0.4) is 0 Å². The van der Waals surface area contributed by atoms with Gasteiger partial charge in [0, 0.05) is 11.5 Å². The summed E-state index contributed by atoms with van der Waals surface area (Å²) in [6.45, 7) is 10.7. The maximum absolute atomic E-state index is 12.5. The van der Waals surface area contributed by atoms with Gasteiger partial charge in [-0.25, -0.2) is 0 Å². The lowest BCUT2D eigenvalue weighted by atomic mass is 9.84. The number of carbonyl (C=O) groups is 1. The predicted octanol–water partition coefficient (Wildman–Crippen LogP) is 4.36. The first-order valence-electron chi connectivity index (χ1n) is 12.1. The van der Waals surface area contributed by atoms with E-state index in [-0.39, 0.29) is 30.7 Å². The molecule has 0 radical (unpaired) electrons. The van der Waals surface area contributed by atoms with Gasteiger partial charge >= 0.3 is 5.97 Å². The molecule has 1 unspecified atom stereocenters. The number of aromatic nitrogens is 2. The van der Waals surface area contributed by atoms with Crippen molar-refractivity contribution in [1.29, 1.82) is 0 Å². The third-order valence-corrected chi connectivity index (χ3v) is 6.82.